The second-order valence-corrected chi connectivity index (χ2v) is 9.65. The summed E-state index contributed by atoms with van der Waals surface area (Å²) >= 11 is 0. The first-order valence-electron chi connectivity index (χ1n) is 12.8. The largest absolute Gasteiger partial charge is 0.322 e. The van der Waals surface area contributed by atoms with E-state index in [0.717, 1.165) is 35.1 Å². The third-order valence-electron chi connectivity index (χ3n) is 6.97. The van der Waals surface area contributed by atoms with Gasteiger partial charge in [-0.05, 0) is 42.5 Å². The highest BCUT2D eigenvalue weighted by Gasteiger charge is 2.31. The number of anilines is 1. The number of nitrogens with one attached hydrogen (secondary N) is 2. The van der Waals surface area contributed by atoms with Crippen molar-refractivity contribution in [3.05, 3.63) is 114 Å². The number of benzodiazepines with no additional fused rings is 1. The number of aromatic nitrogens is 4. The van der Waals surface area contributed by atoms with Crippen molar-refractivity contribution in [3.63, 3.8) is 0 Å². The second kappa shape index (κ2) is 9.29. The number of para-hydroxylation sites is 1. The van der Waals surface area contributed by atoms with Crippen molar-refractivity contribution in [1.82, 2.24) is 24.9 Å². The number of amides is 2. The third kappa shape index (κ3) is 4.23. The standard InChI is InChI=1S/C30H23N7O2/c38-29(24-26(36-37-14-6-13-32-28(24)37)21-15-20(16-31-17-21)18-11-12-18)35-27-30(39)33-23-10-5-4-9-22(23)25(34-27)19-7-2-1-3-8-19/h1-10,13-18,27H,11-12H2,(H,33,39)(H,35,38)/t27-/m1/s1. The number of hydrogen-bond acceptors (Lipinski definition) is 6. The summed E-state index contributed by atoms with van der Waals surface area (Å²) in [5.74, 6) is -0.449. The van der Waals surface area contributed by atoms with E-state index in [-0.39, 0.29) is 5.56 Å². The minimum absolute atomic E-state index is 0.261. The summed E-state index contributed by atoms with van der Waals surface area (Å²) in [6.45, 7) is 0. The van der Waals surface area contributed by atoms with E-state index in [1.165, 1.54) is 0 Å². The third-order valence-corrected chi connectivity index (χ3v) is 6.97. The number of nitrogens with zero attached hydrogens (tertiary/aromatic N) is 5. The zero-order valence-electron chi connectivity index (χ0n) is 20.8. The molecule has 1 atom stereocenters. The van der Waals surface area contributed by atoms with E-state index in [0.29, 0.717) is 28.7 Å². The van der Waals surface area contributed by atoms with Crippen LogP contribution in [0.2, 0.25) is 0 Å². The first kappa shape index (κ1) is 23.0. The van der Waals surface area contributed by atoms with E-state index in [1.807, 2.05) is 66.9 Å². The molecule has 1 aliphatic carbocycles. The van der Waals surface area contributed by atoms with Crippen molar-refractivity contribution in [2.24, 2.45) is 4.99 Å². The zero-order chi connectivity index (χ0) is 26.3. The van der Waals surface area contributed by atoms with Crippen LogP contribution in [0.1, 0.15) is 45.8 Å². The first-order chi connectivity index (χ1) is 19.2. The Bertz CT molecular complexity index is 1770. The molecule has 190 valence electrons. The lowest BCUT2D eigenvalue weighted by Gasteiger charge is -2.13. The lowest BCUT2D eigenvalue weighted by molar-refractivity contribution is -0.117. The molecule has 3 aromatic heterocycles. The maximum absolute atomic E-state index is 13.9. The second-order valence-electron chi connectivity index (χ2n) is 9.65. The number of fused-ring (bicyclic) bond motifs is 2. The van der Waals surface area contributed by atoms with Crippen LogP contribution in [-0.4, -0.2) is 43.3 Å². The summed E-state index contributed by atoms with van der Waals surface area (Å²) in [5, 5.41) is 10.4. The van der Waals surface area contributed by atoms with Crippen molar-refractivity contribution in [3.8, 4) is 11.3 Å². The molecule has 9 heteroatoms. The lowest BCUT2D eigenvalue weighted by Crippen LogP contribution is -2.42. The van der Waals surface area contributed by atoms with Gasteiger partial charge in [-0.15, -0.1) is 0 Å². The maximum Gasteiger partial charge on any atom is 0.269 e. The van der Waals surface area contributed by atoms with Crippen LogP contribution in [0.25, 0.3) is 16.9 Å². The SMILES string of the molecule is O=C(N[C@H]1N=C(c2ccccc2)c2ccccc2NC1=O)c1c(-c2cncc(C3CC3)c2)nn2cccnc12. The van der Waals surface area contributed by atoms with Crippen LogP contribution in [0, 0.1) is 0 Å². The van der Waals surface area contributed by atoms with E-state index >= 15 is 0 Å². The number of rotatable bonds is 5. The van der Waals surface area contributed by atoms with Gasteiger partial charge in [0.15, 0.2) is 5.65 Å². The van der Waals surface area contributed by atoms with Crippen molar-refractivity contribution < 1.29 is 9.59 Å². The fourth-order valence-electron chi connectivity index (χ4n) is 4.90. The van der Waals surface area contributed by atoms with Crippen molar-refractivity contribution in [1.29, 1.82) is 0 Å². The summed E-state index contributed by atoms with van der Waals surface area (Å²) in [7, 11) is 0. The molecule has 7 rings (SSSR count). The van der Waals surface area contributed by atoms with Crippen LogP contribution < -0.4 is 10.6 Å². The first-order valence-corrected chi connectivity index (χ1v) is 12.8. The van der Waals surface area contributed by atoms with Gasteiger partial charge in [0, 0.05) is 41.5 Å². The molecule has 4 heterocycles. The molecule has 0 spiro atoms. The van der Waals surface area contributed by atoms with Crippen LogP contribution >= 0.6 is 0 Å². The minimum Gasteiger partial charge on any atom is -0.322 e. The van der Waals surface area contributed by atoms with Gasteiger partial charge in [-0.1, -0.05) is 48.5 Å². The number of hydrogen-bond donors (Lipinski definition) is 2. The minimum atomic E-state index is -1.18. The molecule has 1 fully saturated rings. The maximum atomic E-state index is 13.9. The molecular formula is C30H23N7O2. The Hall–Kier alpha value is -5.18. The van der Waals surface area contributed by atoms with E-state index in [1.54, 1.807) is 29.2 Å². The van der Waals surface area contributed by atoms with Gasteiger partial charge < -0.3 is 10.6 Å². The zero-order valence-corrected chi connectivity index (χ0v) is 20.8. The van der Waals surface area contributed by atoms with Gasteiger partial charge in [0.1, 0.15) is 11.3 Å². The smallest absolute Gasteiger partial charge is 0.269 e. The Kier molecular flexibility index (Phi) is 5.47. The number of aliphatic imine (C=N–C) groups is 1. The van der Waals surface area contributed by atoms with Crippen LogP contribution in [0.5, 0.6) is 0 Å². The van der Waals surface area contributed by atoms with Crippen LogP contribution in [0.3, 0.4) is 0 Å². The molecule has 9 nitrogen and oxygen atoms in total. The Morgan fingerprint density at radius 3 is 2.64 bits per heavy atom. The monoisotopic (exact) mass is 513 g/mol. The van der Waals surface area contributed by atoms with Gasteiger partial charge in [-0.3, -0.25) is 14.6 Å². The predicted molar refractivity (Wildman–Crippen MR) is 147 cm³/mol. The molecule has 2 amide bonds. The molecule has 2 aromatic carbocycles. The van der Waals surface area contributed by atoms with E-state index < -0.39 is 18.0 Å². The number of carbonyl (C=O) groups is 2. The molecule has 2 N–H and O–H groups in total. The molecule has 1 aliphatic heterocycles. The van der Waals surface area contributed by atoms with Crippen molar-refractivity contribution in [2.45, 2.75) is 24.9 Å². The number of carbonyl (C=O) groups excluding carboxylic acids is 2. The molecule has 0 unspecified atom stereocenters. The van der Waals surface area contributed by atoms with Crippen molar-refractivity contribution in [2.75, 3.05) is 5.32 Å². The van der Waals surface area contributed by atoms with Crippen LogP contribution in [0.15, 0.2) is 96.5 Å². The molecule has 0 bridgehead atoms. The highest BCUT2D eigenvalue weighted by Crippen LogP contribution is 2.41. The molecule has 1 saturated carbocycles. The Balaban J connectivity index is 1.31. The van der Waals surface area contributed by atoms with E-state index in [4.69, 9.17) is 4.99 Å². The summed E-state index contributed by atoms with van der Waals surface area (Å²) in [6, 6.07) is 20.8. The van der Waals surface area contributed by atoms with Gasteiger partial charge in [-0.2, -0.15) is 5.10 Å². The average molecular weight is 514 g/mol. The number of benzene rings is 2. The molecule has 0 radical (unpaired) electrons. The van der Waals surface area contributed by atoms with Gasteiger partial charge in [-0.25, -0.2) is 14.5 Å². The summed E-state index contributed by atoms with van der Waals surface area (Å²) < 4.78 is 1.57. The van der Waals surface area contributed by atoms with Gasteiger partial charge in [0.25, 0.3) is 11.8 Å². The van der Waals surface area contributed by atoms with Gasteiger partial charge in [0.05, 0.1) is 11.4 Å². The highest BCUT2D eigenvalue weighted by atomic mass is 16.2. The fourth-order valence-corrected chi connectivity index (χ4v) is 4.90. The average Bonchev–Trinajstić information content (AvgIpc) is 3.77. The van der Waals surface area contributed by atoms with E-state index in [2.05, 4.69) is 25.7 Å². The lowest BCUT2D eigenvalue weighted by atomic mass is 10.0. The topological polar surface area (TPSA) is 114 Å². The van der Waals surface area contributed by atoms with Crippen molar-refractivity contribution >= 4 is 28.9 Å². The number of pyridine rings is 1. The quantitative estimate of drug-likeness (QED) is 0.365. The van der Waals surface area contributed by atoms with Gasteiger partial charge >= 0.3 is 0 Å². The highest BCUT2D eigenvalue weighted by molar-refractivity contribution is 6.20. The Morgan fingerprint density at radius 1 is 0.974 bits per heavy atom. The molecular weight excluding hydrogens is 490 g/mol. The van der Waals surface area contributed by atoms with E-state index in [9.17, 15) is 9.59 Å². The predicted octanol–water partition coefficient (Wildman–Crippen LogP) is 4.21. The Labute approximate surface area is 223 Å². The van der Waals surface area contributed by atoms with Crippen LogP contribution in [-0.2, 0) is 4.79 Å². The molecule has 39 heavy (non-hydrogen) atoms. The molecule has 2 aliphatic rings. The normalized spacial score (nSPS) is 16.7. The molecule has 5 aromatic rings. The summed E-state index contributed by atoms with van der Waals surface area (Å²) in [4.78, 5) is 40.8. The van der Waals surface area contributed by atoms with Crippen LogP contribution in [0.4, 0.5) is 5.69 Å². The summed E-state index contributed by atoms with van der Waals surface area (Å²) in [6.07, 6.45) is 7.99. The molecule has 0 saturated heterocycles. The Morgan fingerprint density at radius 2 is 1.79 bits per heavy atom. The summed E-state index contributed by atoms with van der Waals surface area (Å²) in [5.41, 5.74) is 5.78. The fraction of sp³-hybridized carbons (Fsp3) is 0.133. The van der Waals surface area contributed by atoms with Gasteiger partial charge in [0.2, 0.25) is 6.17 Å².